The molecule has 0 saturated heterocycles. The van der Waals surface area contributed by atoms with Crippen molar-refractivity contribution in [1.29, 1.82) is 0 Å². The third-order valence-electron chi connectivity index (χ3n) is 4.81. The van der Waals surface area contributed by atoms with Gasteiger partial charge in [-0.3, -0.25) is 4.79 Å². The highest BCUT2D eigenvalue weighted by atomic mass is 19.3. The number of aromatic amines is 1. The number of aromatic nitrogens is 2. The topological polar surface area (TPSA) is 76.0 Å². The van der Waals surface area contributed by atoms with Crippen LogP contribution in [-0.2, 0) is 6.42 Å². The summed E-state index contributed by atoms with van der Waals surface area (Å²) in [7, 11) is 0. The normalized spacial score (nSPS) is 16.0. The molecule has 1 fully saturated rings. The van der Waals surface area contributed by atoms with E-state index in [1.807, 2.05) is 0 Å². The Kier molecular flexibility index (Phi) is 4.51. The number of H-pyrrole nitrogens is 1. The van der Waals surface area contributed by atoms with Gasteiger partial charge in [0.25, 0.3) is 12.0 Å². The number of hydrogen-bond donors (Lipinski definition) is 1. The first-order chi connectivity index (χ1) is 11.4. The maximum Gasteiger partial charge on any atom is 0.337 e. The number of nitrogens with zero attached hydrogens (tertiary/aromatic N) is 1. The van der Waals surface area contributed by atoms with Crippen LogP contribution in [-0.4, -0.2) is 9.97 Å². The van der Waals surface area contributed by atoms with Crippen LogP contribution < -0.4 is 11.2 Å². The van der Waals surface area contributed by atoms with E-state index >= 15 is 0 Å². The average molecular weight is 338 g/mol. The molecular weight excluding hydrogens is 318 g/mol. The van der Waals surface area contributed by atoms with Gasteiger partial charge in [0.2, 0.25) is 5.71 Å². The zero-order valence-corrected chi connectivity index (χ0v) is 13.5. The Labute approximate surface area is 137 Å². The summed E-state index contributed by atoms with van der Waals surface area (Å²) in [5.41, 5.74) is -0.735. The van der Waals surface area contributed by atoms with Crippen molar-refractivity contribution in [3.8, 4) is 0 Å². The van der Waals surface area contributed by atoms with Gasteiger partial charge in [-0.15, -0.1) is 0 Å². The summed E-state index contributed by atoms with van der Waals surface area (Å²) < 4.78 is 30.3. The molecule has 0 radical (unpaired) electrons. The van der Waals surface area contributed by atoms with E-state index in [1.54, 1.807) is 0 Å². The second-order valence-electron chi connectivity index (χ2n) is 6.63. The maximum atomic E-state index is 12.7. The molecule has 1 saturated carbocycles. The molecule has 130 valence electrons. The van der Waals surface area contributed by atoms with Crippen LogP contribution in [0.15, 0.2) is 20.1 Å². The van der Waals surface area contributed by atoms with E-state index in [9.17, 15) is 18.4 Å². The summed E-state index contributed by atoms with van der Waals surface area (Å²) in [5.74, 6) is -0.785. The summed E-state index contributed by atoms with van der Waals surface area (Å²) in [5, 5.41) is 0.0966. The lowest BCUT2D eigenvalue weighted by Gasteiger charge is -2.13. The highest BCUT2D eigenvalue weighted by Crippen LogP contribution is 2.53. The monoisotopic (exact) mass is 338 g/mol. The van der Waals surface area contributed by atoms with Crippen LogP contribution in [0.4, 0.5) is 8.78 Å². The van der Waals surface area contributed by atoms with E-state index in [4.69, 9.17) is 4.42 Å². The van der Waals surface area contributed by atoms with Crippen LogP contribution in [0.1, 0.15) is 63.3 Å². The van der Waals surface area contributed by atoms with E-state index in [0.717, 1.165) is 19.3 Å². The molecule has 7 heteroatoms. The predicted octanol–water partition coefficient (Wildman–Crippen LogP) is 3.72. The number of halogens is 2. The van der Waals surface area contributed by atoms with Crippen LogP contribution >= 0.6 is 0 Å². The number of fused-ring (bicyclic) bond motifs is 1. The van der Waals surface area contributed by atoms with E-state index in [2.05, 4.69) is 16.9 Å². The quantitative estimate of drug-likeness (QED) is 0.835. The number of rotatable bonds is 7. The van der Waals surface area contributed by atoms with Crippen molar-refractivity contribution >= 4 is 11.1 Å². The van der Waals surface area contributed by atoms with Crippen LogP contribution in [0, 0.1) is 5.41 Å². The standard InChI is InChI=1S/C17H20F2N2O3/c1-2-5-17(7-8-17)6-3-4-10-9-11(22)24-16-12(10)15(23)20-14(21-16)13(18)19/h9,13H,2-8H2,1H3,(H,20,21,23). The summed E-state index contributed by atoms with van der Waals surface area (Å²) >= 11 is 0. The lowest BCUT2D eigenvalue weighted by atomic mass is 9.92. The Bertz CT molecular complexity index is 853. The van der Waals surface area contributed by atoms with E-state index < -0.39 is 23.4 Å². The summed E-state index contributed by atoms with van der Waals surface area (Å²) in [4.78, 5) is 29.4. The fourth-order valence-corrected chi connectivity index (χ4v) is 3.45. The molecule has 0 atom stereocenters. The van der Waals surface area contributed by atoms with Gasteiger partial charge in [0.15, 0.2) is 5.82 Å². The zero-order chi connectivity index (χ0) is 17.3. The molecule has 0 unspecified atom stereocenters. The minimum absolute atomic E-state index is 0.0966. The van der Waals surface area contributed by atoms with Gasteiger partial charge < -0.3 is 9.40 Å². The molecule has 0 aromatic carbocycles. The van der Waals surface area contributed by atoms with E-state index in [0.29, 0.717) is 17.4 Å². The van der Waals surface area contributed by atoms with Crippen LogP contribution in [0.25, 0.3) is 11.1 Å². The molecule has 2 heterocycles. The summed E-state index contributed by atoms with van der Waals surface area (Å²) in [6.07, 6.45) is 4.31. The lowest BCUT2D eigenvalue weighted by molar-refractivity contribution is 0.140. The van der Waals surface area contributed by atoms with Gasteiger partial charge in [-0.1, -0.05) is 13.3 Å². The van der Waals surface area contributed by atoms with Crippen molar-refractivity contribution in [1.82, 2.24) is 9.97 Å². The molecule has 3 rings (SSSR count). The third kappa shape index (κ3) is 3.39. The molecule has 0 amide bonds. The first-order valence-electron chi connectivity index (χ1n) is 8.29. The van der Waals surface area contributed by atoms with E-state index in [-0.39, 0.29) is 11.1 Å². The molecule has 0 bridgehead atoms. The summed E-state index contributed by atoms with van der Waals surface area (Å²) in [6.45, 7) is 2.17. The van der Waals surface area contributed by atoms with E-state index in [1.165, 1.54) is 25.3 Å². The first-order valence-corrected chi connectivity index (χ1v) is 8.29. The Morgan fingerprint density at radius 3 is 2.71 bits per heavy atom. The summed E-state index contributed by atoms with van der Waals surface area (Å²) in [6, 6.07) is 1.26. The molecule has 0 spiro atoms. The Morgan fingerprint density at radius 1 is 1.33 bits per heavy atom. The Morgan fingerprint density at radius 2 is 2.08 bits per heavy atom. The van der Waals surface area contributed by atoms with Gasteiger partial charge in [-0.2, -0.15) is 4.98 Å². The van der Waals surface area contributed by atoms with Crippen LogP contribution in [0.2, 0.25) is 0 Å². The highest BCUT2D eigenvalue weighted by molar-refractivity contribution is 5.75. The molecule has 2 aromatic heterocycles. The minimum Gasteiger partial charge on any atom is -0.403 e. The predicted molar refractivity (Wildman–Crippen MR) is 85.4 cm³/mol. The molecule has 5 nitrogen and oxygen atoms in total. The lowest BCUT2D eigenvalue weighted by Crippen LogP contribution is -2.16. The molecule has 24 heavy (non-hydrogen) atoms. The Balaban J connectivity index is 1.87. The fourth-order valence-electron chi connectivity index (χ4n) is 3.45. The third-order valence-corrected chi connectivity index (χ3v) is 4.81. The van der Waals surface area contributed by atoms with Crippen molar-refractivity contribution in [3.05, 3.63) is 38.2 Å². The maximum absolute atomic E-state index is 12.7. The highest BCUT2D eigenvalue weighted by Gasteiger charge is 2.40. The van der Waals surface area contributed by atoms with Crippen molar-refractivity contribution in [2.75, 3.05) is 0 Å². The minimum atomic E-state index is -2.93. The molecule has 0 aliphatic heterocycles. The van der Waals surface area contributed by atoms with Gasteiger partial charge in [0.05, 0.1) is 0 Å². The largest absolute Gasteiger partial charge is 0.403 e. The van der Waals surface area contributed by atoms with Gasteiger partial charge in [-0.05, 0) is 49.5 Å². The van der Waals surface area contributed by atoms with Crippen molar-refractivity contribution in [2.24, 2.45) is 5.41 Å². The smallest absolute Gasteiger partial charge is 0.337 e. The number of nitrogens with one attached hydrogen (secondary N) is 1. The molecule has 1 N–H and O–H groups in total. The number of alkyl halides is 2. The van der Waals surface area contributed by atoms with Gasteiger partial charge >= 0.3 is 5.63 Å². The van der Waals surface area contributed by atoms with Gasteiger partial charge in [0, 0.05) is 6.07 Å². The SMILES string of the molecule is CCCC1(CCCc2cc(=O)oc3nc(C(F)F)[nH]c(=O)c23)CC1. The molecule has 1 aliphatic rings. The molecular formula is C17H20F2N2O3. The van der Waals surface area contributed by atoms with Gasteiger partial charge in [0.1, 0.15) is 5.39 Å². The second-order valence-corrected chi connectivity index (χ2v) is 6.63. The van der Waals surface area contributed by atoms with Crippen LogP contribution in [0.5, 0.6) is 0 Å². The zero-order valence-electron chi connectivity index (χ0n) is 13.5. The number of hydrogen-bond acceptors (Lipinski definition) is 4. The fraction of sp³-hybridized carbons (Fsp3) is 0.588. The number of aryl methyl sites for hydroxylation is 1. The van der Waals surface area contributed by atoms with Crippen molar-refractivity contribution < 1.29 is 13.2 Å². The van der Waals surface area contributed by atoms with Crippen LogP contribution in [0.3, 0.4) is 0 Å². The van der Waals surface area contributed by atoms with Crippen molar-refractivity contribution in [3.63, 3.8) is 0 Å². The molecule has 2 aromatic rings. The average Bonchev–Trinajstić information content (AvgIpc) is 3.26. The van der Waals surface area contributed by atoms with Gasteiger partial charge in [-0.25, -0.2) is 13.6 Å². The Hall–Kier alpha value is -2.05. The first kappa shape index (κ1) is 16.8. The second kappa shape index (κ2) is 6.45. The molecule has 1 aliphatic carbocycles. The van der Waals surface area contributed by atoms with Crippen molar-refractivity contribution in [2.45, 2.75) is 58.3 Å².